The molecule has 0 amide bonds. The number of carbonyl (C=O) groups is 1. The average Bonchev–Trinajstić information content (AvgIpc) is 3.12. The van der Waals surface area contributed by atoms with Crippen LogP contribution in [0.3, 0.4) is 0 Å². The van der Waals surface area contributed by atoms with Crippen LogP contribution in [0.4, 0.5) is 0 Å². The van der Waals surface area contributed by atoms with Crippen molar-refractivity contribution in [3.63, 3.8) is 0 Å². The van der Waals surface area contributed by atoms with Crippen LogP contribution in [-0.4, -0.2) is 11.0 Å². The minimum absolute atomic E-state index is 0.119. The van der Waals surface area contributed by atoms with Crippen LogP contribution in [0, 0.1) is 0 Å². The Labute approximate surface area is 167 Å². The van der Waals surface area contributed by atoms with Crippen molar-refractivity contribution in [2.24, 2.45) is 0 Å². The molecule has 0 aliphatic heterocycles. The number of aliphatic carboxylic acids is 1. The molecular formula is C23H17ClNO3-. The highest BCUT2D eigenvalue weighted by Gasteiger charge is 2.19. The molecule has 0 saturated carbocycles. The number of ether oxygens (including phenoxy) is 1. The van der Waals surface area contributed by atoms with Crippen LogP contribution in [0.15, 0.2) is 79.0 Å². The van der Waals surface area contributed by atoms with Gasteiger partial charge in [-0.1, -0.05) is 41.9 Å². The summed E-state index contributed by atoms with van der Waals surface area (Å²) in [7, 11) is 0. The number of halogens is 1. The van der Waals surface area contributed by atoms with E-state index in [4.69, 9.17) is 16.3 Å². The number of hydrogen-bond acceptors (Lipinski definition) is 3. The Morgan fingerprint density at radius 1 is 1.00 bits per heavy atom. The lowest BCUT2D eigenvalue weighted by molar-refractivity contribution is -0.305. The van der Waals surface area contributed by atoms with Crippen LogP contribution in [0.2, 0.25) is 5.02 Å². The Bertz CT molecular complexity index is 1120. The summed E-state index contributed by atoms with van der Waals surface area (Å²) in [6.07, 6.45) is 1.75. The first-order valence-corrected chi connectivity index (χ1v) is 9.27. The molecule has 4 aromatic rings. The molecule has 0 saturated heterocycles. The van der Waals surface area contributed by atoms with E-state index in [0.29, 0.717) is 16.5 Å². The molecule has 5 heteroatoms. The third kappa shape index (κ3) is 3.87. The highest BCUT2D eigenvalue weighted by molar-refractivity contribution is 6.30. The SMILES string of the molecule is O=C([O-])C[C@H](c1cccc(Oc2ccc(Cl)cc2)c1)c1c[nH]c2ccccc12. The number of carbonyl (C=O) groups excluding carboxylic acids is 1. The van der Waals surface area contributed by atoms with E-state index in [-0.39, 0.29) is 12.3 Å². The van der Waals surface area contributed by atoms with Crippen LogP contribution < -0.4 is 9.84 Å². The predicted molar refractivity (Wildman–Crippen MR) is 108 cm³/mol. The van der Waals surface area contributed by atoms with Crippen molar-refractivity contribution in [3.05, 3.63) is 95.1 Å². The zero-order chi connectivity index (χ0) is 19.5. The van der Waals surface area contributed by atoms with E-state index in [1.807, 2.05) is 54.7 Å². The van der Waals surface area contributed by atoms with Gasteiger partial charge in [-0.2, -0.15) is 0 Å². The maximum Gasteiger partial charge on any atom is 0.127 e. The summed E-state index contributed by atoms with van der Waals surface area (Å²) in [6.45, 7) is 0. The molecule has 1 heterocycles. The van der Waals surface area contributed by atoms with Gasteiger partial charge >= 0.3 is 0 Å². The number of para-hydroxylation sites is 1. The van der Waals surface area contributed by atoms with Crippen LogP contribution in [0.1, 0.15) is 23.5 Å². The van der Waals surface area contributed by atoms with E-state index in [0.717, 1.165) is 22.0 Å². The van der Waals surface area contributed by atoms with Gasteiger partial charge in [0, 0.05) is 34.0 Å². The number of carboxylic acids is 1. The molecule has 0 bridgehead atoms. The molecule has 1 N–H and O–H groups in total. The quantitative estimate of drug-likeness (QED) is 0.510. The minimum Gasteiger partial charge on any atom is -0.550 e. The van der Waals surface area contributed by atoms with Crippen molar-refractivity contribution in [1.82, 2.24) is 4.98 Å². The van der Waals surface area contributed by atoms with E-state index >= 15 is 0 Å². The third-order valence-electron chi connectivity index (χ3n) is 4.68. The largest absolute Gasteiger partial charge is 0.550 e. The van der Waals surface area contributed by atoms with E-state index in [9.17, 15) is 9.90 Å². The second-order valence-electron chi connectivity index (χ2n) is 6.55. The molecule has 0 fully saturated rings. The lowest BCUT2D eigenvalue weighted by atomic mass is 9.88. The van der Waals surface area contributed by atoms with Gasteiger partial charge < -0.3 is 19.6 Å². The van der Waals surface area contributed by atoms with E-state index in [1.54, 1.807) is 24.3 Å². The van der Waals surface area contributed by atoms with E-state index < -0.39 is 5.97 Å². The van der Waals surface area contributed by atoms with Gasteiger partial charge in [0.05, 0.1) is 0 Å². The van der Waals surface area contributed by atoms with Gasteiger partial charge in [0.25, 0.3) is 0 Å². The highest BCUT2D eigenvalue weighted by atomic mass is 35.5. The van der Waals surface area contributed by atoms with Crippen molar-refractivity contribution in [3.8, 4) is 11.5 Å². The standard InChI is InChI=1S/C23H18ClNO3/c24-16-8-10-17(11-9-16)28-18-5-3-4-15(12-18)20(13-23(26)27)21-14-25-22-7-2-1-6-19(21)22/h1-12,14,20,25H,13H2,(H,26,27)/p-1/t20-/m1/s1. The fraction of sp³-hybridized carbons (Fsp3) is 0.0870. The van der Waals surface area contributed by atoms with Crippen molar-refractivity contribution < 1.29 is 14.6 Å². The Hall–Kier alpha value is -3.24. The zero-order valence-electron chi connectivity index (χ0n) is 14.9. The minimum atomic E-state index is -1.10. The van der Waals surface area contributed by atoms with Crippen molar-refractivity contribution in [2.75, 3.05) is 0 Å². The number of rotatable bonds is 6. The Morgan fingerprint density at radius 2 is 1.79 bits per heavy atom. The number of H-pyrrole nitrogens is 1. The Kier molecular flexibility index (Phi) is 5.04. The van der Waals surface area contributed by atoms with E-state index in [2.05, 4.69) is 4.98 Å². The molecule has 0 radical (unpaired) electrons. The number of benzene rings is 3. The first-order chi connectivity index (χ1) is 13.6. The zero-order valence-corrected chi connectivity index (χ0v) is 15.6. The molecule has 0 unspecified atom stereocenters. The maximum atomic E-state index is 11.5. The van der Waals surface area contributed by atoms with Crippen molar-refractivity contribution in [1.29, 1.82) is 0 Å². The molecule has 28 heavy (non-hydrogen) atoms. The van der Waals surface area contributed by atoms with Gasteiger partial charge in [-0.25, -0.2) is 0 Å². The Balaban J connectivity index is 1.71. The van der Waals surface area contributed by atoms with Gasteiger partial charge in [-0.3, -0.25) is 0 Å². The summed E-state index contributed by atoms with van der Waals surface area (Å²) < 4.78 is 5.90. The van der Waals surface area contributed by atoms with Gasteiger partial charge in [-0.05, 0) is 60.0 Å². The number of nitrogens with one attached hydrogen (secondary N) is 1. The lowest BCUT2D eigenvalue weighted by Gasteiger charge is -2.19. The molecule has 3 aromatic carbocycles. The summed E-state index contributed by atoms with van der Waals surface area (Å²) in [6, 6.07) is 22.4. The smallest absolute Gasteiger partial charge is 0.127 e. The highest BCUT2D eigenvalue weighted by Crippen LogP contribution is 2.35. The molecule has 4 rings (SSSR count). The van der Waals surface area contributed by atoms with Crippen LogP contribution in [0.5, 0.6) is 11.5 Å². The van der Waals surface area contributed by atoms with Crippen LogP contribution >= 0.6 is 11.6 Å². The molecule has 1 atom stereocenters. The summed E-state index contributed by atoms with van der Waals surface area (Å²) in [5, 5.41) is 13.1. The second-order valence-corrected chi connectivity index (χ2v) is 6.98. The number of carboxylic acid groups (broad SMARTS) is 1. The molecule has 0 aliphatic rings. The topological polar surface area (TPSA) is 65.2 Å². The summed E-state index contributed by atoms with van der Waals surface area (Å²) in [5.41, 5.74) is 2.73. The first-order valence-electron chi connectivity index (χ1n) is 8.89. The predicted octanol–water partition coefficient (Wildman–Crippen LogP) is 4.89. The van der Waals surface area contributed by atoms with Gasteiger partial charge in [0.15, 0.2) is 0 Å². The third-order valence-corrected chi connectivity index (χ3v) is 4.93. The maximum absolute atomic E-state index is 11.5. The van der Waals surface area contributed by atoms with Crippen molar-refractivity contribution >= 4 is 28.5 Å². The molecule has 0 spiro atoms. The molecule has 0 aliphatic carbocycles. The van der Waals surface area contributed by atoms with E-state index in [1.165, 1.54) is 0 Å². The summed E-state index contributed by atoms with van der Waals surface area (Å²) in [5.74, 6) is -0.165. The Morgan fingerprint density at radius 3 is 2.57 bits per heavy atom. The summed E-state index contributed by atoms with van der Waals surface area (Å²) >= 11 is 5.91. The average molecular weight is 391 g/mol. The first kappa shape index (κ1) is 18.1. The van der Waals surface area contributed by atoms with Crippen LogP contribution in [0.25, 0.3) is 10.9 Å². The molecule has 1 aromatic heterocycles. The normalized spacial score (nSPS) is 12.0. The fourth-order valence-electron chi connectivity index (χ4n) is 3.39. The number of fused-ring (bicyclic) bond motifs is 1. The molecule has 4 nitrogen and oxygen atoms in total. The van der Waals surface area contributed by atoms with Crippen molar-refractivity contribution in [2.45, 2.75) is 12.3 Å². The number of aromatic nitrogens is 1. The second kappa shape index (κ2) is 7.79. The molecule has 140 valence electrons. The number of aromatic amines is 1. The van der Waals surface area contributed by atoms with Gasteiger partial charge in [-0.15, -0.1) is 0 Å². The van der Waals surface area contributed by atoms with Crippen LogP contribution in [-0.2, 0) is 4.79 Å². The van der Waals surface area contributed by atoms with Gasteiger partial charge in [0.2, 0.25) is 0 Å². The molecular weight excluding hydrogens is 374 g/mol. The number of hydrogen-bond donors (Lipinski definition) is 1. The fourth-order valence-corrected chi connectivity index (χ4v) is 3.52. The summed E-state index contributed by atoms with van der Waals surface area (Å²) in [4.78, 5) is 14.7. The monoisotopic (exact) mass is 390 g/mol. The van der Waals surface area contributed by atoms with Gasteiger partial charge in [0.1, 0.15) is 11.5 Å². The lowest BCUT2D eigenvalue weighted by Crippen LogP contribution is -2.24.